The summed E-state index contributed by atoms with van der Waals surface area (Å²) in [6, 6.07) is 15.4. The molecule has 2 atom stereocenters. The Morgan fingerprint density at radius 1 is 1.14 bits per heavy atom. The van der Waals surface area contributed by atoms with E-state index in [4.69, 9.17) is 11.6 Å². The van der Waals surface area contributed by atoms with Gasteiger partial charge in [-0.3, -0.25) is 9.59 Å². The average molecular weight is 427 g/mol. The van der Waals surface area contributed by atoms with E-state index in [1.807, 2.05) is 64.6 Å². The molecule has 2 heterocycles. The summed E-state index contributed by atoms with van der Waals surface area (Å²) in [5.74, 6) is 0.173. The van der Waals surface area contributed by atoms with Crippen molar-refractivity contribution in [2.45, 2.75) is 48.1 Å². The molecule has 2 aromatic carbocycles. The maximum atomic E-state index is 13.7. The maximum Gasteiger partial charge on any atom is 0.250 e. The maximum absolute atomic E-state index is 13.7. The number of hydrogen-bond donors (Lipinski definition) is 0. The molecule has 6 heteroatoms. The molecule has 2 aliphatic heterocycles. The van der Waals surface area contributed by atoms with Crippen LogP contribution in [0.15, 0.2) is 53.4 Å². The van der Waals surface area contributed by atoms with E-state index in [1.165, 1.54) is 0 Å². The summed E-state index contributed by atoms with van der Waals surface area (Å²) in [6.07, 6.45) is 5.48. The summed E-state index contributed by atoms with van der Waals surface area (Å²) in [6.45, 7) is 0.618. The van der Waals surface area contributed by atoms with Crippen molar-refractivity contribution in [3.63, 3.8) is 0 Å². The number of amides is 2. The summed E-state index contributed by atoms with van der Waals surface area (Å²) in [5.41, 5.74) is 1.51. The average Bonchev–Trinajstić information content (AvgIpc) is 3.26. The van der Waals surface area contributed by atoms with Crippen LogP contribution >= 0.6 is 23.4 Å². The van der Waals surface area contributed by atoms with Crippen LogP contribution < -0.4 is 4.90 Å². The van der Waals surface area contributed by atoms with Crippen molar-refractivity contribution in [3.8, 4) is 0 Å². The second kappa shape index (κ2) is 7.06. The minimum absolute atomic E-state index is 0.0571. The van der Waals surface area contributed by atoms with Gasteiger partial charge in [0.25, 0.3) is 0 Å². The van der Waals surface area contributed by atoms with Crippen LogP contribution in [0.25, 0.3) is 0 Å². The van der Waals surface area contributed by atoms with Crippen LogP contribution in [0.3, 0.4) is 0 Å². The first-order valence-electron chi connectivity index (χ1n) is 10.1. The summed E-state index contributed by atoms with van der Waals surface area (Å²) >= 11 is 7.70. The van der Waals surface area contributed by atoms with Crippen molar-refractivity contribution in [3.05, 3.63) is 59.1 Å². The van der Waals surface area contributed by atoms with Gasteiger partial charge in [0.15, 0.2) is 0 Å². The Hall–Kier alpha value is -1.98. The Bertz CT molecular complexity index is 973. The number of carbonyl (C=O) groups is 2. The second-order valence-corrected chi connectivity index (χ2v) is 9.47. The third-order valence-electron chi connectivity index (χ3n) is 6.79. The lowest BCUT2D eigenvalue weighted by molar-refractivity contribution is -0.146. The number of nitrogens with zero attached hydrogens (tertiary/aromatic N) is 2. The molecule has 2 saturated heterocycles. The van der Waals surface area contributed by atoms with Gasteiger partial charge in [-0.2, -0.15) is 0 Å². The topological polar surface area (TPSA) is 40.6 Å². The number of likely N-dealkylation sites (tertiary alicyclic amines) is 1. The number of para-hydroxylation sites is 1. The van der Waals surface area contributed by atoms with Crippen LogP contribution in [0.1, 0.15) is 31.2 Å². The van der Waals surface area contributed by atoms with Gasteiger partial charge in [-0.05, 0) is 55.3 Å². The van der Waals surface area contributed by atoms with Crippen molar-refractivity contribution in [1.82, 2.24) is 4.90 Å². The van der Waals surface area contributed by atoms with Crippen molar-refractivity contribution in [1.29, 1.82) is 0 Å². The van der Waals surface area contributed by atoms with Crippen molar-refractivity contribution < 1.29 is 9.59 Å². The third-order valence-corrected chi connectivity index (χ3v) is 7.82. The molecule has 150 valence electrons. The zero-order valence-electron chi connectivity index (χ0n) is 16.3. The molecule has 1 saturated carbocycles. The Labute approximate surface area is 180 Å². The number of thioether (sulfide) groups is 1. The zero-order chi connectivity index (χ0) is 20.2. The van der Waals surface area contributed by atoms with E-state index in [1.54, 1.807) is 11.8 Å². The molecular weight excluding hydrogens is 404 g/mol. The molecule has 5 rings (SSSR count). The number of carbonyl (C=O) groups excluding carboxylic acids is 2. The highest BCUT2D eigenvalue weighted by Gasteiger charge is 2.57. The van der Waals surface area contributed by atoms with Gasteiger partial charge in [0.2, 0.25) is 11.8 Å². The minimum atomic E-state index is -0.489. The van der Waals surface area contributed by atoms with Gasteiger partial charge in [0, 0.05) is 16.5 Å². The predicted octanol–water partition coefficient (Wildman–Crippen LogP) is 4.50. The Morgan fingerprint density at radius 3 is 2.48 bits per heavy atom. The van der Waals surface area contributed by atoms with Gasteiger partial charge >= 0.3 is 0 Å². The van der Waals surface area contributed by atoms with E-state index in [0.717, 1.165) is 41.8 Å². The van der Waals surface area contributed by atoms with Gasteiger partial charge in [0.1, 0.15) is 6.04 Å². The van der Waals surface area contributed by atoms with Crippen LogP contribution in [-0.4, -0.2) is 41.6 Å². The largest absolute Gasteiger partial charge is 0.328 e. The molecule has 0 aromatic heterocycles. The molecule has 0 spiro atoms. The zero-order valence-corrected chi connectivity index (χ0v) is 17.9. The van der Waals surface area contributed by atoms with Crippen LogP contribution in [0.5, 0.6) is 0 Å². The molecule has 3 aliphatic rings. The quantitative estimate of drug-likeness (QED) is 0.676. The van der Waals surface area contributed by atoms with Crippen molar-refractivity contribution >= 4 is 40.9 Å². The van der Waals surface area contributed by atoms with Crippen LogP contribution in [0.4, 0.5) is 5.69 Å². The molecular formula is C23H23ClN2O2S. The monoisotopic (exact) mass is 426 g/mol. The summed E-state index contributed by atoms with van der Waals surface area (Å²) in [7, 11) is 0. The Kier molecular flexibility index (Phi) is 4.63. The fourth-order valence-corrected chi connectivity index (χ4v) is 5.86. The molecule has 4 nitrogen and oxygen atoms in total. The van der Waals surface area contributed by atoms with E-state index in [2.05, 4.69) is 0 Å². The van der Waals surface area contributed by atoms with Gasteiger partial charge in [-0.1, -0.05) is 42.3 Å². The Balaban J connectivity index is 1.42. The number of hydrogen-bond acceptors (Lipinski definition) is 3. The molecule has 0 N–H and O–H groups in total. The molecule has 29 heavy (non-hydrogen) atoms. The summed E-state index contributed by atoms with van der Waals surface area (Å²) < 4.78 is 0. The van der Waals surface area contributed by atoms with Crippen molar-refractivity contribution in [2.24, 2.45) is 0 Å². The smallest absolute Gasteiger partial charge is 0.250 e. The first-order valence-corrected chi connectivity index (χ1v) is 11.7. The molecule has 0 radical (unpaired) electrons. The Morgan fingerprint density at radius 2 is 1.86 bits per heavy atom. The number of anilines is 1. The third kappa shape index (κ3) is 2.82. The molecule has 2 bridgehead atoms. The van der Waals surface area contributed by atoms with Crippen LogP contribution in [0.2, 0.25) is 5.02 Å². The fraction of sp³-hybridized carbons (Fsp3) is 0.391. The molecule has 2 amide bonds. The van der Waals surface area contributed by atoms with Crippen LogP contribution in [-0.2, 0) is 15.0 Å². The van der Waals surface area contributed by atoms with Crippen LogP contribution in [0, 0.1) is 0 Å². The molecule has 2 aromatic rings. The van der Waals surface area contributed by atoms with Gasteiger partial charge in [0.05, 0.1) is 17.1 Å². The number of benzene rings is 2. The first kappa shape index (κ1) is 19.0. The number of rotatable bonds is 4. The van der Waals surface area contributed by atoms with Gasteiger partial charge in [-0.25, -0.2) is 0 Å². The normalized spacial score (nSPS) is 24.7. The SMILES string of the molecule is CSc1ccccc1N1C(=O)[C@@H]2C[C@H]1CN2C(=O)C1(c2ccc(Cl)cc2)CCC1. The van der Waals surface area contributed by atoms with E-state index >= 15 is 0 Å². The highest BCUT2D eigenvalue weighted by molar-refractivity contribution is 7.98. The van der Waals surface area contributed by atoms with E-state index < -0.39 is 5.41 Å². The standard InChI is InChI=1S/C23H23ClN2O2S/c1-29-20-6-3-2-5-18(20)26-17-13-19(21(26)27)25(14-17)22(28)23(11-4-12-23)15-7-9-16(24)10-8-15/h2-3,5-10,17,19H,4,11-14H2,1H3/t17-,19-/m0/s1. The number of fused-ring (bicyclic) bond motifs is 2. The minimum Gasteiger partial charge on any atom is -0.328 e. The number of halogens is 1. The highest BCUT2D eigenvalue weighted by atomic mass is 35.5. The second-order valence-electron chi connectivity index (χ2n) is 8.19. The molecule has 3 fully saturated rings. The predicted molar refractivity (Wildman–Crippen MR) is 117 cm³/mol. The molecule has 0 unspecified atom stereocenters. The first-order chi connectivity index (χ1) is 14.0. The van der Waals surface area contributed by atoms with Crippen molar-refractivity contribution in [2.75, 3.05) is 17.7 Å². The van der Waals surface area contributed by atoms with Gasteiger partial charge in [-0.15, -0.1) is 11.8 Å². The van der Waals surface area contributed by atoms with E-state index in [9.17, 15) is 9.59 Å². The lowest BCUT2D eigenvalue weighted by Crippen LogP contribution is -2.58. The lowest BCUT2D eigenvalue weighted by atomic mass is 9.63. The van der Waals surface area contributed by atoms with E-state index in [-0.39, 0.29) is 23.9 Å². The van der Waals surface area contributed by atoms with Gasteiger partial charge < -0.3 is 9.80 Å². The summed E-state index contributed by atoms with van der Waals surface area (Å²) in [4.78, 5) is 31.8. The lowest BCUT2D eigenvalue weighted by Gasteiger charge is -2.45. The fourth-order valence-electron chi connectivity index (χ4n) is 5.14. The van der Waals surface area contributed by atoms with E-state index in [0.29, 0.717) is 11.6 Å². The summed E-state index contributed by atoms with van der Waals surface area (Å²) in [5, 5.41) is 0.675. The molecule has 1 aliphatic carbocycles. The number of piperazine rings is 1. The highest BCUT2D eigenvalue weighted by Crippen LogP contribution is 2.48.